The summed E-state index contributed by atoms with van der Waals surface area (Å²) in [6.07, 6.45) is 2.34. The van der Waals surface area contributed by atoms with Crippen molar-refractivity contribution in [1.29, 1.82) is 0 Å². The summed E-state index contributed by atoms with van der Waals surface area (Å²) in [7, 11) is 0. The van der Waals surface area contributed by atoms with E-state index in [4.69, 9.17) is 16.6 Å². The van der Waals surface area contributed by atoms with E-state index >= 15 is 0 Å². The number of aromatic nitrogens is 2. The summed E-state index contributed by atoms with van der Waals surface area (Å²) in [4.78, 5) is 17.5. The van der Waals surface area contributed by atoms with Crippen LogP contribution in [0.25, 0.3) is 27.7 Å². The van der Waals surface area contributed by atoms with E-state index in [2.05, 4.69) is 69.0 Å². The highest BCUT2D eigenvalue weighted by Gasteiger charge is 2.12. The van der Waals surface area contributed by atoms with E-state index in [1.54, 1.807) is 0 Å². The lowest BCUT2D eigenvalue weighted by Gasteiger charge is -2.13. The summed E-state index contributed by atoms with van der Waals surface area (Å²) in [5.74, 6) is 0.923. The van der Waals surface area contributed by atoms with Gasteiger partial charge in [0, 0.05) is 35.9 Å². The van der Waals surface area contributed by atoms with Gasteiger partial charge >= 0.3 is 0 Å². The highest BCUT2D eigenvalue weighted by Crippen LogP contribution is 2.31. The molecule has 5 nitrogen and oxygen atoms in total. The molecule has 2 N–H and O–H groups in total. The first-order valence-corrected chi connectivity index (χ1v) is 14.2. The van der Waals surface area contributed by atoms with Crippen molar-refractivity contribution in [3.8, 4) is 11.3 Å². The molecule has 2 heterocycles. The second-order valence-corrected chi connectivity index (χ2v) is 10.9. The third-order valence-electron chi connectivity index (χ3n) is 6.94. The van der Waals surface area contributed by atoms with Gasteiger partial charge in [-0.05, 0) is 55.5 Å². The number of hydrogen-bond acceptors (Lipinski definition) is 3. The van der Waals surface area contributed by atoms with Crippen molar-refractivity contribution >= 4 is 55.7 Å². The Labute approximate surface area is 246 Å². The standard InChI is InChI=1S/C33H26BrClN4O/c34-28-16-17-39-31(19-30(38-33(28)39)27-10-3-4-11-29(27)35)36-20-22-12-14-23(15-13-22)21-37-32(40)18-25-8-5-7-24-6-1-2-9-26(24)25/h1-17,19,36H,18,20-21H2,(H,37,40). The molecule has 1 amide bonds. The molecule has 0 unspecified atom stereocenters. The molecule has 40 heavy (non-hydrogen) atoms. The lowest BCUT2D eigenvalue weighted by Crippen LogP contribution is -2.24. The molecule has 0 aliphatic carbocycles. The van der Waals surface area contributed by atoms with E-state index in [0.29, 0.717) is 24.5 Å². The zero-order valence-electron chi connectivity index (χ0n) is 21.6. The minimum atomic E-state index is 0.0102. The van der Waals surface area contributed by atoms with Crippen LogP contribution in [0.5, 0.6) is 0 Å². The van der Waals surface area contributed by atoms with Gasteiger partial charge in [-0.15, -0.1) is 0 Å². The smallest absolute Gasteiger partial charge is 0.224 e. The second kappa shape index (κ2) is 11.5. The van der Waals surface area contributed by atoms with Gasteiger partial charge in [0.15, 0.2) is 5.65 Å². The molecular formula is C33H26BrClN4O. The van der Waals surface area contributed by atoms with Gasteiger partial charge in [0.25, 0.3) is 0 Å². The third-order valence-corrected chi connectivity index (χ3v) is 7.89. The number of rotatable bonds is 8. The molecule has 0 atom stereocenters. The molecule has 0 spiro atoms. The molecule has 2 aromatic heterocycles. The van der Waals surface area contributed by atoms with Crippen LogP contribution in [0.2, 0.25) is 5.02 Å². The van der Waals surface area contributed by atoms with Gasteiger partial charge in [0.1, 0.15) is 5.82 Å². The summed E-state index contributed by atoms with van der Waals surface area (Å²) < 4.78 is 2.93. The largest absolute Gasteiger partial charge is 0.367 e. The number of anilines is 1. The van der Waals surface area contributed by atoms with Crippen molar-refractivity contribution in [3.63, 3.8) is 0 Å². The number of carbonyl (C=O) groups excluding carboxylic acids is 1. The van der Waals surface area contributed by atoms with Gasteiger partial charge in [-0.25, -0.2) is 4.98 Å². The number of nitrogens with one attached hydrogen (secondary N) is 2. The SMILES string of the molecule is O=C(Cc1cccc2ccccc12)NCc1ccc(CNc2cc(-c3ccccc3Cl)nc3c(Br)ccn23)cc1. The Morgan fingerprint density at radius 1 is 0.850 bits per heavy atom. The van der Waals surface area contributed by atoms with Crippen LogP contribution in [0.4, 0.5) is 5.82 Å². The zero-order chi connectivity index (χ0) is 27.5. The van der Waals surface area contributed by atoms with Gasteiger partial charge in [-0.3, -0.25) is 9.20 Å². The van der Waals surface area contributed by atoms with Crippen molar-refractivity contribution in [2.45, 2.75) is 19.5 Å². The van der Waals surface area contributed by atoms with Crippen molar-refractivity contribution in [2.75, 3.05) is 5.32 Å². The molecule has 0 bridgehead atoms. The molecule has 0 fully saturated rings. The van der Waals surface area contributed by atoms with Crippen LogP contribution in [0.15, 0.2) is 114 Å². The lowest BCUT2D eigenvalue weighted by molar-refractivity contribution is -0.120. The summed E-state index contributed by atoms with van der Waals surface area (Å²) >= 11 is 10.1. The summed E-state index contributed by atoms with van der Waals surface area (Å²) in [5, 5.41) is 9.53. The number of halogens is 2. The van der Waals surface area contributed by atoms with Crippen LogP contribution in [-0.4, -0.2) is 15.3 Å². The van der Waals surface area contributed by atoms with Crippen LogP contribution in [-0.2, 0) is 24.3 Å². The van der Waals surface area contributed by atoms with E-state index in [9.17, 15) is 4.79 Å². The number of nitrogens with zero attached hydrogens (tertiary/aromatic N) is 2. The molecule has 198 valence electrons. The van der Waals surface area contributed by atoms with Crippen molar-refractivity contribution in [2.24, 2.45) is 0 Å². The highest BCUT2D eigenvalue weighted by atomic mass is 79.9. The van der Waals surface area contributed by atoms with Crippen molar-refractivity contribution < 1.29 is 4.79 Å². The maximum absolute atomic E-state index is 12.7. The Morgan fingerprint density at radius 2 is 1.57 bits per heavy atom. The minimum absolute atomic E-state index is 0.0102. The number of fused-ring (bicyclic) bond motifs is 2. The van der Waals surface area contributed by atoms with Crippen LogP contribution in [0, 0.1) is 0 Å². The Balaban J connectivity index is 1.11. The Morgan fingerprint density at radius 3 is 2.40 bits per heavy atom. The number of benzene rings is 4. The fraction of sp³-hybridized carbons (Fsp3) is 0.0909. The molecule has 0 aliphatic heterocycles. The Bertz CT molecular complexity index is 1830. The highest BCUT2D eigenvalue weighted by molar-refractivity contribution is 9.10. The predicted octanol–water partition coefficient (Wildman–Crippen LogP) is 8.04. The maximum atomic E-state index is 12.7. The zero-order valence-corrected chi connectivity index (χ0v) is 23.9. The molecular weight excluding hydrogens is 584 g/mol. The first-order valence-electron chi connectivity index (χ1n) is 13.0. The molecule has 0 saturated carbocycles. The molecule has 0 radical (unpaired) electrons. The normalized spacial score (nSPS) is 11.2. The van der Waals surface area contributed by atoms with Gasteiger partial charge in [-0.1, -0.05) is 96.5 Å². The van der Waals surface area contributed by atoms with Crippen LogP contribution in [0.1, 0.15) is 16.7 Å². The lowest BCUT2D eigenvalue weighted by atomic mass is 10.0. The quantitative estimate of drug-likeness (QED) is 0.184. The average molecular weight is 610 g/mol. The van der Waals surface area contributed by atoms with Crippen LogP contribution in [0.3, 0.4) is 0 Å². The first kappa shape index (κ1) is 26.1. The van der Waals surface area contributed by atoms with E-state index in [0.717, 1.165) is 54.7 Å². The maximum Gasteiger partial charge on any atom is 0.224 e. The second-order valence-electron chi connectivity index (χ2n) is 9.63. The number of amides is 1. The van der Waals surface area contributed by atoms with Gasteiger partial charge in [-0.2, -0.15) is 0 Å². The van der Waals surface area contributed by atoms with Crippen molar-refractivity contribution in [3.05, 3.63) is 136 Å². The van der Waals surface area contributed by atoms with E-state index < -0.39 is 0 Å². The van der Waals surface area contributed by atoms with Gasteiger partial charge in [0.2, 0.25) is 5.91 Å². The molecule has 0 aliphatic rings. The number of hydrogen-bond donors (Lipinski definition) is 2. The predicted molar refractivity (Wildman–Crippen MR) is 167 cm³/mol. The van der Waals surface area contributed by atoms with Crippen LogP contribution < -0.4 is 10.6 Å². The van der Waals surface area contributed by atoms with Gasteiger partial charge < -0.3 is 10.6 Å². The molecule has 6 aromatic rings. The fourth-order valence-corrected chi connectivity index (χ4v) is 5.47. The fourth-order valence-electron chi connectivity index (χ4n) is 4.84. The Hall–Kier alpha value is -4.13. The third kappa shape index (κ3) is 5.60. The van der Waals surface area contributed by atoms with Gasteiger partial charge in [0.05, 0.1) is 16.6 Å². The van der Waals surface area contributed by atoms with E-state index in [1.807, 2.05) is 71.3 Å². The topological polar surface area (TPSA) is 58.4 Å². The Kier molecular flexibility index (Phi) is 7.53. The molecule has 4 aromatic carbocycles. The molecule has 6 rings (SSSR count). The van der Waals surface area contributed by atoms with E-state index in [-0.39, 0.29) is 5.91 Å². The van der Waals surface area contributed by atoms with Crippen LogP contribution >= 0.6 is 27.5 Å². The average Bonchev–Trinajstić information content (AvgIpc) is 3.36. The summed E-state index contributed by atoms with van der Waals surface area (Å²) in [6, 6.07) is 34.2. The molecule has 7 heteroatoms. The van der Waals surface area contributed by atoms with E-state index in [1.165, 1.54) is 0 Å². The molecule has 0 saturated heterocycles. The van der Waals surface area contributed by atoms with Crippen molar-refractivity contribution in [1.82, 2.24) is 14.7 Å². The first-order chi connectivity index (χ1) is 19.5. The monoisotopic (exact) mass is 608 g/mol. The minimum Gasteiger partial charge on any atom is -0.367 e. The number of carbonyl (C=O) groups is 1. The summed E-state index contributed by atoms with van der Waals surface area (Å²) in [6.45, 7) is 1.12. The summed E-state index contributed by atoms with van der Waals surface area (Å²) in [5.41, 5.74) is 5.71.